The van der Waals surface area contributed by atoms with E-state index in [2.05, 4.69) is 11.3 Å². The average molecular weight is 163 g/mol. The molecule has 10 heavy (non-hydrogen) atoms. The molecule has 0 aromatic heterocycles. The van der Waals surface area contributed by atoms with Gasteiger partial charge in [0.2, 0.25) is 10.0 Å². The predicted octanol–water partition coefficient (Wildman–Crippen LogP) is 0.502. The van der Waals surface area contributed by atoms with Crippen molar-refractivity contribution in [2.24, 2.45) is 0 Å². The van der Waals surface area contributed by atoms with E-state index in [0.29, 0.717) is 6.54 Å². The number of sulfonamides is 1. The van der Waals surface area contributed by atoms with Crippen molar-refractivity contribution in [1.82, 2.24) is 4.72 Å². The van der Waals surface area contributed by atoms with Gasteiger partial charge in [-0.15, -0.1) is 6.58 Å². The maximum atomic E-state index is 10.5. The Hall–Kier alpha value is -0.350. The van der Waals surface area contributed by atoms with E-state index in [0.717, 1.165) is 19.1 Å². The molecule has 0 aliphatic rings. The van der Waals surface area contributed by atoms with E-state index in [9.17, 15) is 8.42 Å². The lowest BCUT2D eigenvalue weighted by Gasteiger charge is -1.98. The average Bonchev–Trinajstić information content (AvgIpc) is 1.78. The Bertz CT molecular complexity index is 184. The fraction of sp³-hybridized carbons (Fsp3) is 0.667. The van der Waals surface area contributed by atoms with Gasteiger partial charge in [0.15, 0.2) is 0 Å². The Kier molecular flexibility index (Phi) is 4.31. The highest BCUT2D eigenvalue weighted by atomic mass is 32.2. The molecule has 4 heteroatoms. The second-order valence-electron chi connectivity index (χ2n) is 2.10. The molecule has 0 aliphatic heterocycles. The first-order valence-corrected chi connectivity index (χ1v) is 5.01. The summed E-state index contributed by atoms with van der Waals surface area (Å²) in [6, 6.07) is 0. The lowest BCUT2D eigenvalue weighted by molar-refractivity contribution is 0.585. The van der Waals surface area contributed by atoms with E-state index in [4.69, 9.17) is 0 Å². The highest BCUT2D eigenvalue weighted by Gasteiger charge is 1.96. The minimum atomic E-state index is -2.99. The third-order valence-corrected chi connectivity index (χ3v) is 1.68. The summed E-state index contributed by atoms with van der Waals surface area (Å²) >= 11 is 0. The van der Waals surface area contributed by atoms with Crippen LogP contribution in [0.3, 0.4) is 0 Å². The van der Waals surface area contributed by atoms with Crippen molar-refractivity contribution in [1.29, 1.82) is 0 Å². The Morgan fingerprint density at radius 3 is 2.60 bits per heavy atom. The fourth-order valence-electron chi connectivity index (χ4n) is 0.504. The topological polar surface area (TPSA) is 46.2 Å². The third-order valence-electron chi connectivity index (χ3n) is 0.949. The number of nitrogens with one attached hydrogen (secondary N) is 1. The second kappa shape index (κ2) is 4.46. The Morgan fingerprint density at radius 1 is 1.60 bits per heavy atom. The molecule has 1 N–H and O–H groups in total. The summed E-state index contributed by atoms with van der Waals surface area (Å²) < 4.78 is 23.3. The molecule has 60 valence electrons. The van der Waals surface area contributed by atoms with Gasteiger partial charge in [-0.2, -0.15) is 0 Å². The smallest absolute Gasteiger partial charge is 0.208 e. The largest absolute Gasteiger partial charge is 0.215 e. The van der Waals surface area contributed by atoms with Crippen LogP contribution in [0.2, 0.25) is 0 Å². The minimum Gasteiger partial charge on any atom is -0.215 e. The summed E-state index contributed by atoms with van der Waals surface area (Å²) in [5.74, 6) is 0. The van der Waals surface area contributed by atoms with Gasteiger partial charge in [-0.3, -0.25) is 0 Å². The molecular formula is C6H13NO2S. The molecule has 0 aliphatic carbocycles. The molecule has 0 saturated heterocycles. The number of rotatable bonds is 5. The maximum absolute atomic E-state index is 10.5. The normalized spacial score (nSPS) is 11.3. The van der Waals surface area contributed by atoms with Crippen LogP contribution in [0.1, 0.15) is 12.8 Å². The molecule has 0 bridgehead atoms. The molecule has 0 aromatic rings. The maximum Gasteiger partial charge on any atom is 0.208 e. The Labute approximate surface area is 62.2 Å². The summed E-state index contributed by atoms with van der Waals surface area (Å²) in [6.45, 7) is 4.02. The second-order valence-corrected chi connectivity index (χ2v) is 3.93. The standard InChI is InChI=1S/C6H13NO2S/c1-3-4-5-6-7-10(2,8)9/h3,7H,1,4-6H2,2H3. The quantitative estimate of drug-likeness (QED) is 0.474. The molecule has 0 rings (SSSR count). The molecule has 3 nitrogen and oxygen atoms in total. The van der Waals surface area contributed by atoms with Gasteiger partial charge in [0, 0.05) is 6.54 Å². The Balaban J connectivity index is 3.29. The zero-order valence-corrected chi connectivity index (χ0v) is 6.95. The number of unbranched alkanes of at least 4 members (excludes halogenated alkanes) is 1. The van der Waals surface area contributed by atoms with Crippen LogP contribution >= 0.6 is 0 Å². The van der Waals surface area contributed by atoms with Gasteiger partial charge in [-0.25, -0.2) is 13.1 Å². The van der Waals surface area contributed by atoms with Gasteiger partial charge in [-0.05, 0) is 12.8 Å². The molecular weight excluding hydrogens is 150 g/mol. The molecule has 0 aromatic carbocycles. The van der Waals surface area contributed by atoms with Crippen molar-refractivity contribution in [3.63, 3.8) is 0 Å². The van der Waals surface area contributed by atoms with Crippen LogP contribution in [-0.2, 0) is 10.0 Å². The monoisotopic (exact) mass is 163 g/mol. The SMILES string of the molecule is C=CCCCNS(C)(=O)=O. The zero-order chi connectivity index (χ0) is 8.04. The van der Waals surface area contributed by atoms with Crippen molar-refractivity contribution in [3.8, 4) is 0 Å². The van der Waals surface area contributed by atoms with E-state index in [1.165, 1.54) is 0 Å². The van der Waals surface area contributed by atoms with Crippen molar-refractivity contribution < 1.29 is 8.42 Å². The third kappa shape index (κ3) is 7.65. The van der Waals surface area contributed by atoms with Crippen molar-refractivity contribution in [3.05, 3.63) is 12.7 Å². The van der Waals surface area contributed by atoms with Gasteiger partial charge < -0.3 is 0 Å². The molecule has 0 fully saturated rings. The molecule has 0 atom stereocenters. The number of allylic oxidation sites excluding steroid dienone is 1. The lowest BCUT2D eigenvalue weighted by Crippen LogP contribution is -2.22. The Morgan fingerprint density at radius 2 is 2.20 bits per heavy atom. The summed E-state index contributed by atoms with van der Waals surface area (Å²) in [4.78, 5) is 0. The first-order valence-electron chi connectivity index (χ1n) is 3.12. The summed E-state index contributed by atoms with van der Waals surface area (Å²) in [5, 5.41) is 0. The van der Waals surface area contributed by atoms with E-state index >= 15 is 0 Å². The van der Waals surface area contributed by atoms with Crippen molar-refractivity contribution >= 4 is 10.0 Å². The molecule has 0 heterocycles. The number of hydrogen-bond acceptors (Lipinski definition) is 2. The van der Waals surface area contributed by atoms with Gasteiger partial charge in [0.1, 0.15) is 0 Å². The van der Waals surface area contributed by atoms with Crippen LogP contribution in [0.15, 0.2) is 12.7 Å². The molecule has 0 radical (unpaired) electrons. The van der Waals surface area contributed by atoms with Gasteiger partial charge in [0.05, 0.1) is 6.26 Å². The lowest BCUT2D eigenvalue weighted by atomic mass is 10.3. The first-order chi connectivity index (χ1) is 4.56. The van der Waals surface area contributed by atoms with Gasteiger partial charge in [0.25, 0.3) is 0 Å². The predicted molar refractivity (Wildman–Crippen MR) is 42.3 cm³/mol. The minimum absolute atomic E-state index is 0.505. The molecule has 0 amide bonds. The van der Waals surface area contributed by atoms with Gasteiger partial charge in [-0.1, -0.05) is 6.08 Å². The van der Waals surface area contributed by atoms with Crippen LogP contribution in [0.5, 0.6) is 0 Å². The molecule has 0 spiro atoms. The number of hydrogen-bond donors (Lipinski definition) is 1. The first kappa shape index (κ1) is 9.65. The van der Waals surface area contributed by atoms with E-state index < -0.39 is 10.0 Å². The van der Waals surface area contributed by atoms with Crippen LogP contribution < -0.4 is 4.72 Å². The van der Waals surface area contributed by atoms with E-state index in [1.54, 1.807) is 6.08 Å². The van der Waals surface area contributed by atoms with Crippen LogP contribution in [-0.4, -0.2) is 21.2 Å². The summed E-state index contributed by atoms with van der Waals surface area (Å²) in [5.41, 5.74) is 0. The van der Waals surface area contributed by atoms with E-state index in [-0.39, 0.29) is 0 Å². The zero-order valence-electron chi connectivity index (χ0n) is 6.13. The highest BCUT2D eigenvalue weighted by Crippen LogP contribution is 1.86. The summed E-state index contributed by atoms with van der Waals surface area (Å²) in [6.07, 6.45) is 4.59. The van der Waals surface area contributed by atoms with Gasteiger partial charge >= 0.3 is 0 Å². The van der Waals surface area contributed by atoms with Crippen LogP contribution in [0.4, 0.5) is 0 Å². The fourth-order valence-corrected chi connectivity index (χ4v) is 1.02. The summed E-state index contributed by atoms with van der Waals surface area (Å²) in [7, 11) is -2.99. The van der Waals surface area contributed by atoms with Crippen LogP contribution in [0.25, 0.3) is 0 Å². The van der Waals surface area contributed by atoms with E-state index in [1.807, 2.05) is 0 Å². The van der Waals surface area contributed by atoms with Crippen LogP contribution in [0, 0.1) is 0 Å². The molecule has 0 saturated carbocycles. The molecule has 0 unspecified atom stereocenters. The van der Waals surface area contributed by atoms with Crippen molar-refractivity contribution in [2.75, 3.05) is 12.8 Å². The highest BCUT2D eigenvalue weighted by molar-refractivity contribution is 7.88. The van der Waals surface area contributed by atoms with Crippen molar-refractivity contribution in [2.45, 2.75) is 12.8 Å².